The highest BCUT2D eigenvalue weighted by molar-refractivity contribution is 5.88. The Balaban J connectivity index is 1.35. The second-order valence-corrected chi connectivity index (χ2v) is 6.56. The summed E-state index contributed by atoms with van der Waals surface area (Å²) in [6.07, 6.45) is 3.97. The Bertz CT molecular complexity index is 570. The first-order valence-electron chi connectivity index (χ1n) is 7.79. The van der Waals surface area contributed by atoms with Crippen molar-refractivity contribution in [1.29, 1.82) is 0 Å². The number of halogens is 1. The van der Waals surface area contributed by atoms with E-state index in [0.29, 0.717) is 44.8 Å². The first-order chi connectivity index (χ1) is 10.6. The number of amides is 1. The van der Waals surface area contributed by atoms with Gasteiger partial charge in [0.15, 0.2) is 5.67 Å². The molecule has 5 nitrogen and oxygen atoms in total. The van der Waals surface area contributed by atoms with Gasteiger partial charge in [0.05, 0.1) is 19.7 Å². The molecule has 3 aliphatic rings. The summed E-state index contributed by atoms with van der Waals surface area (Å²) in [5, 5.41) is 0. The number of ether oxygens (including phenoxy) is 2. The van der Waals surface area contributed by atoms with Crippen molar-refractivity contribution in [2.45, 2.75) is 43.1 Å². The highest BCUT2D eigenvalue weighted by Gasteiger charge is 2.58. The number of alkyl halides is 1. The number of hydrogen-bond donors (Lipinski definition) is 0. The van der Waals surface area contributed by atoms with E-state index in [1.807, 2.05) is 18.2 Å². The van der Waals surface area contributed by atoms with Gasteiger partial charge in [0.1, 0.15) is 11.7 Å². The van der Waals surface area contributed by atoms with Crippen LogP contribution in [0.4, 0.5) is 4.39 Å². The van der Waals surface area contributed by atoms with Crippen LogP contribution in [0.2, 0.25) is 0 Å². The zero-order valence-electron chi connectivity index (χ0n) is 12.3. The summed E-state index contributed by atoms with van der Waals surface area (Å²) in [6, 6.07) is 5.56. The third-order valence-electron chi connectivity index (χ3n) is 4.69. The van der Waals surface area contributed by atoms with Crippen molar-refractivity contribution >= 4 is 5.91 Å². The molecule has 1 spiro atoms. The van der Waals surface area contributed by atoms with E-state index >= 15 is 0 Å². The number of carbonyl (C=O) groups excluding carboxylic acids is 1. The lowest BCUT2D eigenvalue weighted by molar-refractivity contribution is -0.196. The summed E-state index contributed by atoms with van der Waals surface area (Å²) < 4.78 is 25.6. The average Bonchev–Trinajstić information content (AvgIpc) is 3.24. The Morgan fingerprint density at radius 2 is 2.23 bits per heavy atom. The Kier molecular flexibility index (Phi) is 3.11. The van der Waals surface area contributed by atoms with Gasteiger partial charge in [0.25, 0.3) is 5.91 Å². The van der Waals surface area contributed by atoms with Gasteiger partial charge in [-0.15, -0.1) is 0 Å². The van der Waals surface area contributed by atoms with Crippen molar-refractivity contribution in [3.8, 4) is 5.88 Å². The molecule has 22 heavy (non-hydrogen) atoms. The van der Waals surface area contributed by atoms with Crippen molar-refractivity contribution in [2.24, 2.45) is 0 Å². The predicted octanol–water partition coefficient (Wildman–Crippen LogP) is 1.72. The summed E-state index contributed by atoms with van der Waals surface area (Å²) >= 11 is 0. The number of aromatic nitrogens is 1. The monoisotopic (exact) mass is 306 g/mol. The topological polar surface area (TPSA) is 51.7 Å². The van der Waals surface area contributed by atoms with Crippen LogP contribution in [0.1, 0.15) is 25.7 Å². The van der Waals surface area contributed by atoms with Crippen LogP contribution >= 0.6 is 0 Å². The van der Waals surface area contributed by atoms with E-state index in [4.69, 9.17) is 9.47 Å². The van der Waals surface area contributed by atoms with Crippen LogP contribution in [0, 0.1) is 0 Å². The van der Waals surface area contributed by atoms with Crippen molar-refractivity contribution in [1.82, 2.24) is 9.88 Å². The normalized spacial score (nSPS) is 28.0. The van der Waals surface area contributed by atoms with Crippen LogP contribution in [0.5, 0.6) is 5.88 Å². The molecule has 4 rings (SSSR count). The van der Waals surface area contributed by atoms with E-state index in [9.17, 15) is 9.18 Å². The molecule has 0 radical (unpaired) electrons. The Labute approximate surface area is 128 Å². The molecule has 1 aliphatic carbocycles. The molecule has 3 fully saturated rings. The van der Waals surface area contributed by atoms with E-state index in [-0.39, 0.29) is 17.6 Å². The molecule has 1 aromatic rings. The van der Waals surface area contributed by atoms with E-state index in [1.165, 1.54) is 0 Å². The van der Waals surface area contributed by atoms with Gasteiger partial charge < -0.3 is 14.4 Å². The fourth-order valence-electron chi connectivity index (χ4n) is 3.29. The SMILES string of the molecule is O=C(N1CC2(CC(Oc3ccccn3)CCO2)C1)C1(F)CC1. The molecule has 0 N–H and O–H groups in total. The maximum atomic E-state index is 13.8. The molecule has 1 unspecified atom stereocenters. The highest BCUT2D eigenvalue weighted by Crippen LogP contribution is 2.44. The molecule has 3 heterocycles. The molecule has 1 saturated carbocycles. The second-order valence-electron chi connectivity index (χ2n) is 6.56. The first-order valence-corrected chi connectivity index (χ1v) is 7.79. The van der Waals surface area contributed by atoms with E-state index < -0.39 is 5.67 Å². The predicted molar refractivity (Wildman–Crippen MR) is 76.2 cm³/mol. The van der Waals surface area contributed by atoms with Gasteiger partial charge in [-0.25, -0.2) is 9.37 Å². The standard InChI is InChI=1S/C16H19FN2O3/c17-16(5-6-16)14(20)19-10-15(11-19)9-12(4-8-21-15)22-13-3-1-2-7-18-13/h1-3,7,12H,4-6,8-11H2. The molecule has 6 heteroatoms. The van der Waals surface area contributed by atoms with Gasteiger partial charge in [-0.05, 0) is 18.9 Å². The van der Waals surface area contributed by atoms with Gasteiger partial charge in [0.2, 0.25) is 5.88 Å². The van der Waals surface area contributed by atoms with Crippen LogP contribution in [0.15, 0.2) is 24.4 Å². The Morgan fingerprint density at radius 1 is 1.41 bits per heavy atom. The zero-order valence-corrected chi connectivity index (χ0v) is 12.3. The fourth-order valence-corrected chi connectivity index (χ4v) is 3.29. The maximum Gasteiger partial charge on any atom is 0.260 e. The van der Waals surface area contributed by atoms with Crippen LogP contribution in [0.25, 0.3) is 0 Å². The Hall–Kier alpha value is -1.69. The van der Waals surface area contributed by atoms with Crippen molar-refractivity contribution in [3.63, 3.8) is 0 Å². The smallest absolute Gasteiger partial charge is 0.260 e. The fraction of sp³-hybridized carbons (Fsp3) is 0.625. The number of carbonyl (C=O) groups is 1. The minimum Gasteiger partial charge on any atom is -0.474 e. The minimum atomic E-state index is -1.58. The van der Waals surface area contributed by atoms with Gasteiger partial charge in [-0.3, -0.25) is 4.79 Å². The molecule has 2 saturated heterocycles. The lowest BCUT2D eigenvalue weighted by Gasteiger charge is -2.53. The quantitative estimate of drug-likeness (QED) is 0.853. The molecule has 0 aromatic carbocycles. The second kappa shape index (κ2) is 4.91. The third kappa shape index (κ3) is 2.45. The molecule has 1 amide bonds. The van der Waals surface area contributed by atoms with Gasteiger partial charge in [0, 0.05) is 25.1 Å². The minimum absolute atomic E-state index is 0.0289. The summed E-state index contributed by atoms with van der Waals surface area (Å²) in [4.78, 5) is 17.7. The van der Waals surface area contributed by atoms with E-state index in [0.717, 1.165) is 6.42 Å². The molecule has 118 valence electrons. The van der Waals surface area contributed by atoms with Crippen molar-refractivity contribution in [2.75, 3.05) is 19.7 Å². The number of pyridine rings is 1. The van der Waals surface area contributed by atoms with Crippen molar-refractivity contribution in [3.05, 3.63) is 24.4 Å². The molecule has 1 aromatic heterocycles. The number of likely N-dealkylation sites (tertiary alicyclic amines) is 1. The van der Waals surface area contributed by atoms with Gasteiger partial charge in [-0.2, -0.15) is 0 Å². The van der Waals surface area contributed by atoms with Crippen LogP contribution < -0.4 is 4.74 Å². The number of hydrogen-bond acceptors (Lipinski definition) is 4. The largest absolute Gasteiger partial charge is 0.474 e. The third-order valence-corrected chi connectivity index (χ3v) is 4.69. The van der Waals surface area contributed by atoms with Crippen LogP contribution in [-0.2, 0) is 9.53 Å². The highest BCUT2D eigenvalue weighted by atomic mass is 19.1. The summed E-state index contributed by atoms with van der Waals surface area (Å²) in [7, 11) is 0. The summed E-state index contributed by atoms with van der Waals surface area (Å²) in [6.45, 7) is 1.54. The molecular weight excluding hydrogens is 287 g/mol. The maximum absolute atomic E-state index is 13.8. The molecule has 2 aliphatic heterocycles. The molecular formula is C16H19FN2O3. The van der Waals surface area contributed by atoms with Crippen LogP contribution in [-0.4, -0.2) is 52.9 Å². The van der Waals surface area contributed by atoms with Gasteiger partial charge in [-0.1, -0.05) is 6.07 Å². The lowest BCUT2D eigenvalue weighted by atomic mass is 9.84. The van der Waals surface area contributed by atoms with E-state index in [2.05, 4.69) is 4.98 Å². The summed E-state index contributed by atoms with van der Waals surface area (Å²) in [5.41, 5.74) is -1.95. The molecule has 1 atom stereocenters. The summed E-state index contributed by atoms with van der Waals surface area (Å²) in [5.74, 6) is 0.243. The van der Waals surface area contributed by atoms with Gasteiger partial charge >= 0.3 is 0 Å². The number of rotatable bonds is 3. The van der Waals surface area contributed by atoms with E-state index in [1.54, 1.807) is 11.1 Å². The zero-order chi connectivity index (χ0) is 15.2. The number of nitrogens with zero attached hydrogens (tertiary/aromatic N) is 2. The Morgan fingerprint density at radius 3 is 2.91 bits per heavy atom. The van der Waals surface area contributed by atoms with Crippen molar-refractivity contribution < 1.29 is 18.7 Å². The van der Waals surface area contributed by atoms with Crippen LogP contribution in [0.3, 0.4) is 0 Å². The average molecular weight is 306 g/mol. The lowest BCUT2D eigenvalue weighted by Crippen LogP contribution is -2.68. The first kappa shape index (κ1) is 13.9. The molecule has 0 bridgehead atoms.